The minimum atomic E-state index is 0.796. The normalized spacial score (nSPS) is 10.3. The molecule has 0 aliphatic carbocycles. The van der Waals surface area contributed by atoms with Crippen LogP contribution >= 0.6 is 0 Å². The summed E-state index contributed by atoms with van der Waals surface area (Å²) >= 11 is 0. The van der Waals surface area contributed by atoms with Crippen LogP contribution in [0.25, 0.3) is 10.8 Å². The number of nitrogens with zero attached hydrogens (tertiary/aromatic N) is 1. The van der Waals surface area contributed by atoms with E-state index in [9.17, 15) is 0 Å². The molecule has 1 aromatic carbocycles. The van der Waals surface area contributed by atoms with Gasteiger partial charge in [-0.2, -0.15) is 0 Å². The minimum absolute atomic E-state index is 0.796. The Bertz CT molecular complexity index is 494. The van der Waals surface area contributed by atoms with Crippen molar-refractivity contribution in [3.63, 3.8) is 0 Å². The molecule has 78 valence electrons. The second-order valence-electron chi connectivity index (χ2n) is 3.32. The largest absolute Gasteiger partial charge is 0.497 e. The quantitative estimate of drug-likeness (QED) is 0.751. The number of hydrogen-bond acceptors (Lipinski definition) is 3. The molecule has 0 bridgehead atoms. The fourth-order valence-electron chi connectivity index (χ4n) is 1.70. The van der Waals surface area contributed by atoms with Crippen molar-refractivity contribution in [1.82, 2.24) is 4.98 Å². The third-order valence-corrected chi connectivity index (χ3v) is 2.45. The fraction of sp³-hybridized carbons (Fsp3) is 0.250. The monoisotopic (exact) mass is 203 g/mol. The standard InChI is InChI=1S/C12H13NO2/c1-8-12-9(4-5-13-8)6-10(14-2)7-11(12)15-3/h4-7H,1-3H3. The molecule has 0 spiro atoms. The van der Waals surface area contributed by atoms with E-state index in [-0.39, 0.29) is 0 Å². The number of aryl methyl sites for hydroxylation is 1. The Hall–Kier alpha value is -1.77. The molecule has 0 N–H and O–H groups in total. The zero-order valence-electron chi connectivity index (χ0n) is 9.07. The number of benzene rings is 1. The first-order chi connectivity index (χ1) is 7.26. The molecule has 2 aromatic rings. The van der Waals surface area contributed by atoms with E-state index in [4.69, 9.17) is 9.47 Å². The van der Waals surface area contributed by atoms with Gasteiger partial charge in [-0.05, 0) is 24.4 Å². The van der Waals surface area contributed by atoms with Crippen molar-refractivity contribution >= 4 is 10.8 Å². The van der Waals surface area contributed by atoms with Gasteiger partial charge < -0.3 is 9.47 Å². The summed E-state index contributed by atoms with van der Waals surface area (Å²) in [5.74, 6) is 1.60. The number of fused-ring (bicyclic) bond motifs is 1. The number of ether oxygens (including phenoxy) is 2. The molecular formula is C12H13NO2. The summed E-state index contributed by atoms with van der Waals surface area (Å²) in [6, 6.07) is 5.80. The highest BCUT2D eigenvalue weighted by Crippen LogP contribution is 2.32. The summed E-state index contributed by atoms with van der Waals surface area (Å²) in [7, 11) is 3.30. The summed E-state index contributed by atoms with van der Waals surface area (Å²) in [5.41, 5.74) is 0.965. The summed E-state index contributed by atoms with van der Waals surface area (Å²) < 4.78 is 10.5. The molecule has 1 heterocycles. The van der Waals surface area contributed by atoms with Crippen molar-refractivity contribution in [3.05, 3.63) is 30.1 Å². The minimum Gasteiger partial charge on any atom is -0.497 e. The lowest BCUT2D eigenvalue weighted by molar-refractivity contribution is 0.398. The molecule has 0 saturated carbocycles. The topological polar surface area (TPSA) is 31.4 Å². The van der Waals surface area contributed by atoms with Gasteiger partial charge in [0.05, 0.1) is 14.2 Å². The van der Waals surface area contributed by atoms with E-state index in [2.05, 4.69) is 4.98 Å². The molecule has 0 aliphatic heterocycles. The van der Waals surface area contributed by atoms with E-state index >= 15 is 0 Å². The maximum atomic E-state index is 5.33. The van der Waals surface area contributed by atoms with Gasteiger partial charge in [-0.1, -0.05) is 0 Å². The van der Waals surface area contributed by atoms with Crippen LogP contribution in [0.15, 0.2) is 24.4 Å². The number of methoxy groups -OCH3 is 2. The molecule has 0 aliphatic rings. The molecule has 2 rings (SSSR count). The Labute approximate surface area is 88.7 Å². The van der Waals surface area contributed by atoms with Crippen molar-refractivity contribution in [1.29, 1.82) is 0 Å². The van der Waals surface area contributed by atoms with E-state index in [0.29, 0.717) is 0 Å². The Balaban J connectivity index is 2.81. The number of pyridine rings is 1. The van der Waals surface area contributed by atoms with E-state index in [0.717, 1.165) is 28.0 Å². The number of aromatic nitrogens is 1. The first-order valence-electron chi connectivity index (χ1n) is 4.73. The van der Waals surface area contributed by atoms with Gasteiger partial charge in [0.1, 0.15) is 11.5 Å². The molecule has 3 nitrogen and oxygen atoms in total. The van der Waals surface area contributed by atoms with Crippen molar-refractivity contribution in [2.75, 3.05) is 14.2 Å². The van der Waals surface area contributed by atoms with Gasteiger partial charge >= 0.3 is 0 Å². The molecule has 0 fully saturated rings. The first kappa shape index (κ1) is 9.77. The van der Waals surface area contributed by atoms with E-state index in [1.807, 2.05) is 25.1 Å². The average molecular weight is 203 g/mol. The van der Waals surface area contributed by atoms with Crippen LogP contribution in [-0.4, -0.2) is 19.2 Å². The first-order valence-corrected chi connectivity index (χ1v) is 4.73. The van der Waals surface area contributed by atoms with Crippen LogP contribution in [0.4, 0.5) is 0 Å². The third kappa shape index (κ3) is 1.61. The summed E-state index contributed by atoms with van der Waals surface area (Å²) in [6.45, 7) is 1.97. The smallest absolute Gasteiger partial charge is 0.132 e. The predicted molar refractivity (Wildman–Crippen MR) is 59.6 cm³/mol. The molecule has 3 heteroatoms. The lowest BCUT2D eigenvalue weighted by atomic mass is 10.1. The zero-order valence-corrected chi connectivity index (χ0v) is 9.07. The van der Waals surface area contributed by atoms with Crippen LogP contribution in [0, 0.1) is 6.92 Å². The SMILES string of the molecule is COc1cc(OC)c2c(C)nccc2c1. The van der Waals surface area contributed by atoms with E-state index in [1.165, 1.54) is 0 Å². The second-order valence-corrected chi connectivity index (χ2v) is 3.32. The molecule has 15 heavy (non-hydrogen) atoms. The highest BCUT2D eigenvalue weighted by atomic mass is 16.5. The maximum Gasteiger partial charge on any atom is 0.132 e. The van der Waals surface area contributed by atoms with Gasteiger partial charge in [-0.15, -0.1) is 0 Å². The molecule has 0 atom stereocenters. The van der Waals surface area contributed by atoms with Crippen molar-refractivity contribution in [2.45, 2.75) is 6.92 Å². The molecule has 0 saturated heterocycles. The second kappa shape index (κ2) is 3.77. The number of rotatable bonds is 2. The van der Waals surface area contributed by atoms with Crippen molar-refractivity contribution < 1.29 is 9.47 Å². The zero-order chi connectivity index (χ0) is 10.8. The van der Waals surface area contributed by atoms with Gasteiger partial charge in [0.15, 0.2) is 0 Å². The van der Waals surface area contributed by atoms with Gasteiger partial charge in [-0.25, -0.2) is 0 Å². The lowest BCUT2D eigenvalue weighted by Crippen LogP contribution is -1.91. The van der Waals surface area contributed by atoms with Gasteiger partial charge in [0.2, 0.25) is 0 Å². The number of hydrogen-bond donors (Lipinski definition) is 0. The van der Waals surface area contributed by atoms with Crippen LogP contribution in [0.1, 0.15) is 5.69 Å². The molecule has 0 unspecified atom stereocenters. The lowest BCUT2D eigenvalue weighted by Gasteiger charge is -2.09. The Kier molecular flexibility index (Phi) is 2.46. The maximum absolute atomic E-state index is 5.33. The fourth-order valence-corrected chi connectivity index (χ4v) is 1.70. The summed E-state index contributed by atoms with van der Waals surface area (Å²) in [4.78, 5) is 4.25. The Morgan fingerprint density at radius 1 is 1.13 bits per heavy atom. The Morgan fingerprint density at radius 2 is 1.93 bits per heavy atom. The van der Waals surface area contributed by atoms with Crippen LogP contribution in [0.3, 0.4) is 0 Å². The molecule has 1 aromatic heterocycles. The third-order valence-electron chi connectivity index (χ3n) is 2.45. The molecular weight excluding hydrogens is 190 g/mol. The highest BCUT2D eigenvalue weighted by Gasteiger charge is 2.07. The van der Waals surface area contributed by atoms with Crippen LogP contribution in [0.5, 0.6) is 11.5 Å². The van der Waals surface area contributed by atoms with Gasteiger partial charge in [0, 0.05) is 23.3 Å². The summed E-state index contributed by atoms with van der Waals surface area (Å²) in [5, 5.41) is 2.12. The average Bonchev–Trinajstić information content (AvgIpc) is 2.27. The molecule has 0 radical (unpaired) electrons. The van der Waals surface area contributed by atoms with Crippen LogP contribution in [-0.2, 0) is 0 Å². The van der Waals surface area contributed by atoms with Crippen molar-refractivity contribution in [3.8, 4) is 11.5 Å². The van der Waals surface area contributed by atoms with Gasteiger partial charge in [0.25, 0.3) is 0 Å². The predicted octanol–water partition coefficient (Wildman–Crippen LogP) is 2.56. The van der Waals surface area contributed by atoms with Crippen molar-refractivity contribution in [2.24, 2.45) is 0 Å². The van der Waals surface area contributed by atoms with E-state index in [1.54, 1.807) is 20.4 Å². The van der Waals surface area contributed by atoms with Crippen LogP contribution in [0.2, 0.25) is 0 Å². The Morgan fingerprint density at radius 3 is 2.60 bits per heavy atom. The van der Waals surface area contributed by atoms with Crippen LogP contribution < -0.4 is 9.47 Å². The highest BCUT2D eigenvalue weighted by molar-refractivity contribution is 5.91. The molecule has 0 amide bonds. The van der Waals surface area contributed by atoms with E-state index < -0.39 is 0 Å². The van der Waals surface area contributed by atoms with Gasteiger partial charge in [-0.3, -0.25) is 4.98 Å². The summed E-state index contributed by atoms with van der Waals surface area (Å²) in [6.07, 6.45) is 1.79.